The van der Waals surface area contributed by atoms with E-state index < -0.39 is 5.41 Å². The normalized spacial score (nSPS) is 13.7. The summed E-state index contributed by atoms with van der Waals surface area (Å²) in [6.45, 7) is 8.99. The molecule has 0 heterocycles. The van der Waals surface area contributed by atoms with Crippen LogP contribution in [0.15, 0.2) is 182 Å². The maximum absolute atomic E-state index is 2.54. The van der Waals surface area contributed by atoms with Gasteiger partial charge in [-0.25, -0.2) is 0 Å². The van der Waals surface area contributed by atoms with Gasteiger partial charge in [0.15, 0.2) is 0 Å². The highest BCUT2D eigenvalue weighted by molar-refractivity contribution is 6.26. The van der Waals surface area contributed by atoms with Gasteiger partial charge < -0.3 is 0 Å². The Morgan fingerprint density at radius 2 is 0.646 bits per heavy atom. The lowest BCUT2D eigenvalue weighted by atomic mass is 9.69. The first-order valence-corrected chi connectivity index (χ1v) is 23.1. The van der Waals surface area contributed by atoms with Crippen molar-refractivity contribution in [3.8, 4) is 44.5 Å². The topological polar surface area (TPSA) is 0 Å². The highest BCUT2D eigenvalue weighted by atomic mass is 14.5. The monoisotopic (exact) mass is 822 g/mol. The van der Waals surface area contributed by atoms with Crippen LogP contribution >= 0.6 is 0 Å². The van der Waals surface area contributed by atoms with E-state index in [0.717, 1.165) is 0 Å². The van der Waals surface area contributed by atoms with E-state index in [4.69, 9.17) is 0 Å². The summed E-state index contributed by atoms with van der Waals surface area (Å²) in [6, 6.07) is 70.8. The fraction of sp³-hybridized carbons (Fsp3) is 0.0769. The highest BCUT2D eigenvalue weighted by Gasteiger charge is 2.52. The minimum atomic E-state index is -0.479. The molecule has 65 heavy (non-hydrogen) atoms. The number of aryl methyl sites for hydroxylation is 4. The second-order valence-corrected chi connectivity index (χ2v) is 19.3. The van der Waals surface area contributed by atoms with E-state index in [9.17, 15) is 0 Å². The Bertz CT molecular complexity index is 4090. The Morgan fingerprint density at radius 3 is 1.15 bits per heavy atom. The average Bonchev–Trinajstić information content (AvgIpc) is 3.80. The maximum Gasteiger partial charge on any atom is 0.0731 e. The van der Waals surface area contributed by atoms with Crippen LogP contribution in [0.25, 0.3) is 120 Å². The fourth-order valence-corrected chi connectivity index (χ4v) is 13.3. The summed E-state index contributed by atoms with van der Waals surface area (Å²) in [5.74, 6) is 0. The quantitative estimate of drug-likeness (QED) is 0.152. The van der Waals surface area contributed by atoms with Crippen LogP contribution < -0.4 is 0 Å². The van der Waals surface area contributed by atoms with Crippen molar-refractivity contribution >= 4 is 75.4 Å². The third kappa shape index (κ3) is 4.42. The number of rotatable bonds is 2. The molecule has 0 N–H and O–H groups in total. The van der Waals surface area contributed by atoms with Crippen LogP contribution in [-0.4, -0.2) is 0 Å². The molecule has 2 aliphatic rings. The van der Waals surface area contributed by atoms with Crippen molar-refractivity contribution in [1.29, 1.82) is 0 Å². The van der Waals surface area contributed by atoms with Crippen LogP contribution in [0.2, 0.25) is 0 Å². The summed E-state index contributed by atoms with van der Waals surface area (Å²) in [5, 5.41) is 18.7. The molecule has 0 saturated heterocycles. The second kappa shape index (κ2) is 12.3. The van der Waals surface area contributed by atoms with Crippen LogP contribution in [0.4, 0.5) is 0 Å². The van der Waals surface area contributed by atoms with Gasteiger partial charge in [0.1, 0.15) is 0 Å². The molecule has 13 aromatic rings. The minimum Gasteiger partial charge on any atom is -0.0619 e. The molecule has 0 heteroatoms. The smallest absolute Gasteiger partial charge is 0.0619 e. The van der Waals surface area contributed by atoms with Crippen molar-refractivity contribution in [3.63, 3.8) is 0 Å². The Morgan fingerprint density at radius 1 is 0.262 bits per heavy atom. The fourth-order valence-electron chi connectivity index (χ4n) is 13.3. The summed E-state index contributed by atoms with van der Waals surface area (Å²) in [4.78, 5) is 0. The van der Waals surface area contributed by atoms with Crippen molar-refractivity contribution in [2.75, 3.05) is 0 Å². The van der Waals surface area contributed by atoms with E-state index in [1.54, 1.807) is 0 Å². The summed E-state index contributed by atoms with van der Waals surface area (Å²) < 4.78 is 0. The molecule has 15 rings (SSSR count). The summed E-state index contributed by atoms with van der Waals surface area (Å²) in [7, 11) is 0. The molecule has 13 aromatic carbocycles. The molecule has 0 saturated carbocycles. The molecule has 0 amide bonds. The van der Waals surface area contributed by atoms with E-state index in [1.807, 2.05) is 0 Å². The van der Waals surface area contributed by atoms with Crippen molar-refractivity contribution in [1.82, 2.24) is 0 Å². The van der Waals surface area contributed by atoms with Crippen LogP contribution in [-0.2, 0) is 5.41 Å². The predicted octanol–water partition coefficient (Wildman–Crippen LogP) is 17.5. The molecule has 0 bridgehead atoms. The molecule has 0 fully saturated rings. The molecule has 1 spiro atoms. The lowest BCUT2D eigenvalue weighted by Crippen LogP contribution is -2.26. The summed E-state index contributed by atoms with van der Waals surface area (Å²) >= 11 is 0. The molecule has 302 valence electrons. The first-order chi connectivity index (χ1) is 31.8. The standard InChI is InChI=1S/C65H42/c1-35-27-36(2)49-21-17-43-31-46(30-42-16-20-48(35)62(49)60(42)43)39-13-24-52-41(29-39)15-26-56-55-25-14-40(34-59(55)65(64(52)56)57-11-7-5-9-53(57)54-10-6-8-12-58(54)65)47-32-44-18-22-50-37(3)28-38(4)51-23-19-45(33-47)61(44)63(50)51/h5-34H,1-4H3. The van der Waals surface area contributed by atoms with Crippen LogP contribution in [0.5, 0.6) is 0 Å². The van der Waals surface area contributed by atoms with Crippen molar-refractivity contribution in [3.05, 3.63) is 226 Å². The molecule has 0 radical (unpaired) electrons. The first kappa shape index (κ1) is 35.6. The summed E-state index contributed by atoms with van der Waals surface area (Å²) in [6.07, 6.45) is 0. The molecule has 0 aromatic heterocycles. The lowest BCUT2D eigenvalue weighted by Gasteiger charge is -2.32. The average molecular weight is 823 g/mol. The van der Waals surface area contributed by atoms with Crippen molar-refractivity contribution in [2.24, 2.45) is 0 Å². The Balaban J connectivity index is 0.952. The highest BCUT2D eigenvalue weighted by Crippen LogP contribution is 2.64. The summed E-state index contributed by atoms with van der Waals surface area (Å²) in [5.41, 5.74) is 20.7. The number of hydrogen-bond donors (Lipinski definition) is 0. The zero-order valence-electron chi connectivity index (χ0n) is 36.8. The second-order valence-electron chi connectivity index (χ2n) is 19.3. The molecular formula is C65H42. The SMILES string of the molecule is Cc1cc(C)c2ccc3cc(-c4ccc5c(c4)C4(c6ccccc6-c6ccccc64)c4c-5ccc5cc(-c6cc7ccc8c(C)cc(C)c9ccc(c6)c7c89)ccc45)cc4ccc1c2c43. The Hall–Kier alpha value is -7.80. The van der Waals surface area contributed by atoms with Gasteiger partial charge in [-0.05, 0) is 229 Å². The zero-order chi connectivity index (χ0) is 43.0. The molecule has 0 unspecified atom stereocenters. The van der Waals surface area contributed by atoms with E-state index in [-0.39, 0.29) is 0 Å². The molecule has 0 aliphatic heterocycles. The van der Waals surface area contributed by atoms with E-state index in [0.29, 0.717) is 0 Å². The van der Waals surface area contributed by atoms with Gasteiger partial charge in [0.2, 0.25) is 0 Å². The third-order valence-corrected chi connectivity index (χ3v) is 16.0. The zero-order valence-corrected chi connectivity index (χ0v) is 36.8. The van der Waals surface area contributed by atoms with Gasteiger partial charge >= 0.3 is 0 Å². The number of benzene rings is 13. The molecule has 0 nitrogen and oxygen atoms in total. The van der Waals surface area contributed by atoms with Gasteiger partial charge in [-0.1, -0.05) is 146 Å². The van der Waals surface area contributed by atoms with Crippen LogP contribution in [0.3, 0.4) is 0 Å². The van der Waals surface area contributed by atoms with E-state index in [2.05, 4.69) is 210 Å². The molecule has 0 atom stereocenters. The lowest BCUT2D eigenvalue weighted by molar-refractivity contribution is 0.801. The third-order valence-electron chi connectivity index (χ3n) is 16.0. The minimum absolute atomic E-state index is 0.479. The van der Waals surface area contributed by atoms with E-state index in [1.165, 1.54) is 164 Å². The largest absolute Gasteiger partial charge is 0.0731 e. The Labute approximate surface area is 377 Å². The van der Waals surface area contributed by atoms with Gasteiger partial charge in [-0.2, -0.15) is 0 Å². The van der Waals surface area contributed by atoms with Crippen LogP contribution in [0, 0.1) is 27.7 Å². The van der Waals surface area contributed by atoms with Gasteiger partial charge in [-0.3, -0.25) is 0 Å². The first-order valence-electron chi connectivity index (χ1n) is 23.1. The van der Waals surface area contributed by atoms with E-state index >= 15 is 0 Å². The number of fused-ring (bicyclic) bond motifs is 12. The predicted molar refractivity (Wildman–Crippen MR) is 277 cm³/mol. The molecular weight excluding hydrogens is 781 g/mol. The van der Waals surface area contributed by atoms with Crippen molar-refractivity contribution < 1.29 is 0 Å². The maximum atomic E-state index is 2.54. The van der Waals surface area contributed by atoms with Crippen LogP contribution in [0.1, 0.15) is 44.5 Å². The number of hydrogen-bond acceptors (Lipinski definition) is 0. The molecule has 2 aliphatic carbocycles. The Kier molecular flexibility index (Phi) is 6.72. The van der Waals surface area contributed by atoms with Gasteiger partial charge in [0.25, 0.3) is 0 Å². The van der Waals surface area contributed by atoms with Gasteiger partial charge in [-0.15, -0.1) is 0 Å². The van der Waals surface area contributed by atoms with Crippen molar-refractivity contribution in [2.45, 2.75) is 33.1 Å². The van der Waals surface area contributed by atoms with Gasteiger partial charge in [0, 0.05) is 0 Å². The van der Waals surface area contributed by atoms with Gasteiger partial charge in [0.05, 0.1) is 5.41 Å².